The van der Waals surface area contributed by atoms with Crippen LogP contribution in [0.25, 0.3) is 0 Å². The van der Waals surface area contributed by atoms with E-state index in [9.17, 15) is 9.59 Å². The van der Waals surface area contributed by atoms with Gasteiger partial charge in [-0.05, 0) is 41.8 Å². The van der Waals surface area contributed by atoms with Gasteiger partial charge in [-0.25, -0.2) is 0 Å². The number of nitrogens with one attached hydrogen (secondary N) is 1. The molecule has 3 rings (SSSR count). The number of hydrogen-bond donors (Lipinski definition) is 1. The predicted octanol–water partition coefficient (Wildman–Crippen LogP) is 5.54. The largest absolute Gasteiger partial charge is 0.484 e. The minimum absolute atomic E-state index is 0.175. The second kappa shape index (κ2) is 13.0. The van der Waals surface area contributed by atoms with Gasteiger partial charge in [0.2, 0.25) is 5.91 Å². The van der Waals surface area contributed by atoms with E-state index in [1.807, 2.05) is 55.5 Å². The Balaban J connectivity index is 1.90. The maximum atomic E-state index is 13.5. The van der Waals surface area contributed by atoms with Crippen molar-refractivity contribution in [3.8, 4) is 5.75 Å². The Hall–Kier alpha value is -3.02. The number of carbonyl (C=O) groups is 2. The maximum absolute atomic E-state index is 13.5. The van der Waals surface area contributed by atoms with E-state index in [4.69, 9.17) is 27.9 Å². The van der Waals surface area contributed by atoms with Crippen molar-refractivity contribution < 1.29 is 14.3 Å². The summed E-state index contributed by atoms with van der Waals surface area (Å²) in [6, 6.07) is 23.1. The van der Waals surface area contributed by atoms with Crippen LogP contribution >= 0.6 is 23.2 Å². The Morgan fingerprint density at radius 2 is 1.71 bits per heavy atom. The summed E-state index contributed by atoms with van der Waals surface area (Å²) in [6.45, 7) is 2.45. The molecule has 0 aliphatic carbocycles. The van der Waals surface area contributed by atoms with E-state index in [0.29, 0.717) is 28.8 Å². The normalized spacial score (nSPS) is 11.5. The lowest BCUT2D eigenvalue weighted by molar-refractivity contribution is -0.142. The Morgan fingerprint density at radius 1 is 0.971 bits per heavy atom. The highest BCUT2D eigenvalue weighted by Crippen LogP contribution is 2.21. The minimum atomic E-state index is -0.735. The molecule has 3 aromatic rings. The fourth-order valence-corrected chi connectivity index (χ4v) is 3.89. The lowest BCUT2D eigenvalue weighted by Crippen LogP contribution is -2.51. The molecule has 3 aromatic carbocycles. The lowest BCUT2D eigenvalue weighted by Gasteiger charge is -2.31. The molecule has 2 amide bonds. The molecule has 0 heterocycles. The second-order valence-electron chi connectivity index (χ2n) is 7.86. The Kier molecular flexibility index (Phi) is 9.80. The van der Waals surface area contributed by atoms with Gasteiger partial charge >= 0.3 is 0 Å². The molecule has 0 saturated carbocycles. The third kappa shape index (κ3) is 7.51. The van der Waals surface area contributed by atoms with Crippen molar-refractivity contribution in [2.24, 2.45) is 0 Å². The molecule has 34 heavy (non-hydrogen) atoms. The molecule has 1 atom stereocenters. The maximum Gasteiger partial charge on any atom is 0.261 e. The molecule has 0 spiro atoms. The number of nitrogens with zero attached hydrogens (tertiary/aromatic N) is 1. The molecule has 0 radical (unpaired) electrons. The zero-order valence-electron chi connectivity index (χ0n) is 19.0. The standard InChI is InChI=1S/C27H28Cl2N2O3/c1-2-15-30-27(33)25(16-20-9-4-3-5-10-20)31(18-21-11-6-7-14-24(21)29)26(32)19-34-23-13-8-12-22(28)17-23/h3-14,17,25H,2,15-16,18-19H2,1H3,(H,30,33)/t25-/m1/s1. The molecule has 0 saturated heterocycles. The van der Waals surface area contributed by atoms with Gasteiger partial charge < -0.3 is 15.0 Å². The first-order chi connectivity index (χ1) is 16.5. The van der Waals surface area contributed by atoms with Crippen LogP contribution in [0.4, 0.5) is 0 Å². The molecule has 0 bridgehead atoms. The summed E-state index contributed by atoms with van der Waals surface area (Å²) in [6.07, 6.45) is 1.16. The van der Waals surface area contributed by atoms with E-state index in [1.165, 1.54) is 0 Å². The number of hydrogen-bond acceptors (Lipinski definition) is 3. The Morgan fingerprint density at radius 3 is 2.41 bits per heavy atom. The van der Waals surface area contributed by atoms with Crippen molar-refractivity contribution in [1.29, 1.82) is 0 Å². The average Bonchev–Trinajstić information content (AvgIpc) is 2.85. The van der Waals surface area contributed by atoms with E-state index < -0.39 is 6.04 Å². The Labute approximate surface area is 210 Å². The number of rotatable bonds is 11. The molecule has 0 fully saturated rings. The monoisotopic (exact) mass is 498 g/mol. The van der Waals surface area contributed by atoms with Crippen LogP contribution in [0, 0.1) is 0 Å². The predicted molar refractivity (Wildman–Crippen MR) is 136 cm³/mol. The van der Waals surface area contributed by atoms with Crippen LogP contribution in [0.5, 0.6) is 5.75 Å². The van der Waals surface area contributed by atoms with E-state index >= 15 is 0 Å². The van der Waals surface area contributed by atoms with Crippen molar-refractivity contribution in [2.75, 3.05) is 13.2 Å². The summed E-state index contributed by atoms with van der Waals surface area (Å²) in [7, 11) is 0. The highest BCUT2D eigenvalue weighted by molar-refractivity contribution is 6.31. The molecular formula is C27H28Cl2N2O3. The summed E-state index contributed by atoms with van der Waals surface area (Å²) < 4.78 is 5.72. The van der Waals surface area contributed by atoms with E-state index in [0.717, 1.165) is 17.5 Å². The van der Waals surface area contributed by atoms with Gasteiger partial charge in [-0.2, -0.15) is 0 Å². The summed E-state index contributed by atoms with van der Waals surface area (Å²) in [4.78, 5) is 28.3. The van der Waals surface area contributed by atoms with Crippen molar-refractivity contribution >= 4 is 35.0 Å². The summed E-state index contributed by atoms with van der Waals surface area (Å²) in [5.74, 6) is -0.0603. The highest BCUT2D eigenvalue weighted by Gasteiger charge is 2.31. The van der Waals surface area contributed by atoms with Gasteiger partial charge in [-0.3, -0.25) is 9.59 Å². The van der Waals surface area contributed by atoms with Crippen molar-refractivity contribution in [3.05, 3.63) is 100 Å². The molecule has 7 heteroatoms. The van der Waals surface area contributed by atoms with Crippen molar-refractivity contribution in [3.63, 3.8) is 0 Å². The SMILES string of the molecule is CCCNC(=O)[C@@H](Cc1ccccc1)N(Cc1ccccc1Cl)C(=O)COc1cccc(Cl)c1. The van der Waals surface area contributed by atoms with Gasteiger partial charge in [0.05, 0.1) is 0 Å². The fraction of sp³-hybridized carbons (Fsp3) is 0.259. The third-order valence-corrected chi connectivity index (χ3v) is 5.88. The number of carbonyl (C=O) groups excluding carboxylic acids is 2. The highest BCUT2D eigenvalue weighted by atomic mass is 35.5. The molecule has 0 unspecified atom stereocenters. The molecule has 0 aromatic heterocycles. The van der Waals surface area contributed by atoms with Crippen LogP contribution in [-0.4, -0.2) is 35.9 Å². The molecular weight excluding hydrogens is 471 g/mol. The van der Waals surface area contributed by atoms with Crippen LogP contribution in [0.3, 0.4) is 0 Å². The molecule has 1 N–H and O–H groups in total. The van der Waals surface area contributed by atoms with E-state index in [2.05, 4.69) is 5.32 Å². The van der Waals surface area contributed by atoms with Crippen LogP contribution < -0.4 is 10.1 Å². The first kappa shape index (κ1) is 25.6. The molecule has 0 aliphatic rings. The van der Waals surface area contributed by atoms with E-state index in [1.54, 1.807) is 35.2 Å². The van der Waals surface area contributed by atoms with Gasteiger partial charge in [0.25, 0.3) is 5.91 Å². The summed E-state index contributed by atoms with van der Waals surface area (Å²) in [5.41, 5.74) is 1.70. The van der Waals surface area contributed by atoms with Gasteiger partial charge in [0.15, 0.2) is 6.61 Å². The van der Waals surface area contributed by atoms with Crippen LogP contribution in [0.2, 0.25) is 10.0 Å². The third-order valence-electron chi connectivity index (χ3n) is 5.28. The van der Waals surface area contributed by atoms with Crippen LogP contribution in [0.1, 0.15) is 24.5 Å². The minimum Gasteiger partial charge on any atom is -0.484 e. The first-order valence-corrected chi connectivity index (χ1v) is 12.0. The van der Waals surface area contributed by atoms with Crippen molar-refractivity contribution in [2.45, 2.75) is 32.4 Å². The summed E-state index contributed by atoms with van der Waals surface area (Å²) in [5, 5.41) is 3.99. The topological polar surface area (TPSA) is 58.6 Å². The van der Waals surface area contributed by atoms with Gasteiger partial charge in [0.1, 0.15) is 11.8 Å². The smallest absolute Gasteiger partial charge is 0.261 e. The average molecular weight is 499 g/mol. The molecule has 0 aliphatic heterocycles. The Bertz CT molecular complexity index is 1090. The quantitative estimate of drug-likeness (QED) is 0.377. The first-order valence-electron chi connectivity index (χ1n) is 11.2. The van der Waals surface area contributed by atoms with Gasteiger partial charge in [-0.1, -0.05) is 84.7 Å². The molecule has 5 nitrogen and oxygen atoms in total. The van der Waals surface area contributed by atoms with Crippen LogP contribution in [-0.2, 0) is 22.6 Å². The second-order valence-corrected chi connectivity index (χ2v) is 8.70. The van der Waals surface area contributed by atoms with Crippen LogP contribution in [0.15, 0.2) is 78.9 Å². The zero-order chi connectivity index (χ0) is 24.3. The zero-order valence-corrected chi connectivity index (χ0v) is 20.6. The molecule has 178 valence electrons. The lowest BCUT2D eigenvalue weighted by atomic mass is 10.0. The van der Waals surface area contributed by atoms with Gasteiger partial charge in [0, 0.05) is 29.6 Å². The van der Waals surface area contributed by atoms with Gasteiger partial charge in [-0.15, -0.1) is 0 Å². The number of benzene rings is 3. The number of halogens is 2. The van der Waals surface area contributed by atoms with Crippen molar-refractivity contribution in [1.82, 2.24) is 10.2 Å². The summed E-state index contributed by atoms with van der Waals surface area (Å²) >= 11 is 12.4. The number of ether oxygens (including phenoxy) is 1. The number of amides is 2. The van der Waals surface area contributed by atoms with E-state index in [-0.39, 0.29) is 25.0 Å². The fourth-order valence-electron chi connectivity index (χ4n) is 3.51.